The summed E-state index contributed by atoms with van der Waals surface area (Å²) in [6, 6.07) is 48.2. The summed E-state index contributed by atoms with van der Waals surface area (Å²) in [5.41, 5.74) is 8.85. The predicted octanol–water partition coefficient (Wildman–Crippen LogP) is 10.8. The van der Waals surface area contributed by atoms with E-state index in [1.54, 1.807) is 14.2 Å². The van der Waals surface area contributed by atoms with E-state index in [-0.39, 0.29) is 0 Å². The number of ether oxygens (including phenoxy) is 2. The Kier molecular flexibility index (Phi) is 6.54. The molecular weight excluding hydrogens is 554 g/mol. The third kappa shape index (κ3) is 4.68. The Labute approximate surface area is 261 Å². The van der Waals surface area contributed by atoms with Crippen LogP contribution < -0.4 is 9.47 Å². The van der Waals surface area contributed by atoms with Crippen LogP contribution in [0.15, 0.2) is 144 Å². The number of hydrogen-bond acceptors (Lipinski definition) is 4. The molecule has 4 heteroatoms. The third-order valence-corrected chi connectivity index (χ3v) is 8.50. The van der Waals surface area contributed by atoms with Crippen LogP contribution in [-0.4, -0.2) is 19.2 Å². The molecule has 0 saturated carbocycles. The van der Waals surface area contributed by atoms with Gasteiger partial charge in [-0.1, -0.05) is 91.0 Å². The van der Waals surface area contributed by atoms with E-state index >= 15 is 0 Å². The molecule has 0 fully saturated rings. The number of aromatic nitrogens is 1. The van der Waals surface area contributed by atoms with E-state index in [1.807, 2.05) is 36.4 Å². The lowest BCUT2D eigenvalue weighted by molar-refractivity contribution is 0.406. The highest BCUT2D eigenvalue weighted by molar-refractivity contribution is 6.15. The lowest BCUT2D eigenvalue weighted by atomic mass is 9.89. The van der Waals surface area contributed by atoms with Gasteiger partial charge in [-0.3, -0.25) is 0 Å². The van der Waals surface area contributed by atoms with Crippen molar-refractivity contribution in [2.45, 2.75) is 0 Å². The van der Waals surface area contributed by atoms with Crippen LogP contribution >= 0.6 is 0 Å². The standard InChI is InChI=1S/C41H29NO3/c1-43-38-25-34(31-22-30-21-18-27-12-6-7-13-32(27)40(30)35(23-31)26-10-4-3-5-11-26)39(44-2)24-33(38)28-16-19-29(20-17-28)41-42-36-14-8-9-15-37(36)45-41/h3-25H,1-2H3. The van der Waals surface area contributed by atoms with Crippen molar-refractivity contribution in [1.82, 2.24) is 4.98 Å². The van der Waals surface area contributed by atoms with Crippen molar-refractivity contribution in [3.8, 4) is 56.3 Å². The van der Waals surface area contributed by atoms with Crippen molar-refractivity contribution in [3.63, 3.8) is 0 Å². The first-order chi connectivity index (χ1) is 22.2. The van der Waals surface area contributed by atoms with Gasteiger partial charge in [0.05, 0.1) is 14.2 Å². The molecule has 0 spiro atoms. The number of oxazole rings is 1. The Morgan fingerprint density at radius 2 is 1.11 bits per heavy atom. The van der Waals surface area contributed by atoms with Gasteiger partial charge >= 0.3 is 0 Å². The zero-order chi connectivity index (χ0) is 30.3. The molecule has 8 rings (SSSR count). The SMILES string of the molecule is COc1cc(-c2cc(-c3ccccc3)c3c(ccc4ccccc43)c2)c(OC)cc1-c1ccc(-c2nc3ccccc3o2)cc1. The van der Waals surface area contributed by atoms with Crippen molar-refractivity contribution in [3.05, 3.63) is 140 Å². The maximum atomic E-state index is 6.04. The quantitative estimate of drug-likeness (QED) is 0.183. The second kappa shape index (κ2) is 11.0. The minimum absolute atomic E-state index is 0.598. The monoisotopic (exact) mass is 583 g/mol. The third-order valence-electron chi connectivity index (χ3n) is 8.50. The summed E-state index contributed by atoms with van der Waals surface area (Å²) in [5, 5.41) is 4.87. The van der Waals surface area contributed by atoms with Crippen molar-refractivity contribution >= 4 is 32.6 Å². The number of fused-ring (bicyclic) bond motifs is 4. The van der Waals surface area contributed by atoms with Crippen molar-refractivity contribution in [2.75, 3.05) is 14.2 Å². The molecule has 1 aromatic heterocycles. The summed E-state index contributed by atoms with van der Waals surface area (Å²) in [6.07, 6.45) is 0. The summed E-state index contributed by atoms with van der Waals surface area (Å²) in [6.45, 7) is 0. The minimum Gasteiger partial charge on any atom is -0.496 e. The Balaban J connectivity index is 1.26. The van der Waals surface area contributed by atoms with Crippen molar-refractivity contribution < 1.29 is 13.9 Å². The molecular formula is C41H29NO3. The van der Waals surface area contributed by atoms with Crippen LogP contribution in [0.1, 0.15) is 0 Å². The highest BCUT2D eigenvalue weighted by Gasteiger charge is 2.18. The first-order valence-electron chi connectivity index (χ1n) is 14.9. The average molecular weight is 584 g/mol. The summed E-state index contributed by atoms with van der Waals surface area (Å²) >= 11 is 0. The summed E-state index contributed by atoms with van der Waals surface area (Å²) < 4.78 is 18.0. The first-order valence-corrected chi connectivity index (χ1v) is 14.9. The summed E-state index contributed by atoms with van der Waals surface area (Å²) in [5.74, 6) is 2.13. The van der Waals surface area contributed by atoms with Crippen LogP contribution in [0.25, 0.3) is 77.5 Å². The van der Waals surface area contributed by atoms with Gasteiger partial charge < -0.3 is 13.9 Å². The Morgan fingerprint density at radius 3 is 1.87 bits per heavy atom. The zero-order valence-corrected chi connectivity index (χ0v) is 25.0. The molecule has 0 aliphatic rings. The summed E-state index contributed by atoms with van der Waals surface area (Å²) in [7, 11) is 3.43. The molecule has 0 amide bonds. The van der Waals surface area contributed by atoms with Gasteiger partial charge in [0.1, 0.15) is 17.0 Å². The van der Waals surface area contributed by atoms with E-state index in [2.05, 4.69) is 108 Å². The Hall–Kier alpha value is -5.87. The molecule has 1 heterocycles. The molecule has 4 nitrogen and oxygen atoms in total. The van der Waals surface area contributed by atoms with E-state index in [4.69, 9.17) is 13.9 Å². The molecule has 0 radical (unpaired) electrons. The van der Waals surface area contributed by atoms with Crippen LogP contribution in [-0.2, 0) is 0 Å². The van der Waals surface area contributed by atoms with Gasteiger partial charge in [0, 0.05) is 16.7 Å². The lowest BCUT2D eigenvalue weighted by Gasteiger charge is -2.18. The van der Waals surface area contributed by atoms with Gasteiger partial charge in [-0.25, -0.2) is 4.98 Å². The molecule has 45 heavy (non-hydrogen) atoms. The number of nitrogens with zero attached hydrogens (tertiary/aromatic N) is 1. The first kappa shape index (κ1) is 26.7. The van der Waals surface area contributed by atoms with Gasteiger partial charge in [-0.2, -0.15) is 0 Å². The van der Waals surface area contributed by atoms with Gasteiger partial charge in [0.25, 0.3) is 0 Å². The van der Waals surface area contributed by atoms with E-state index < -0.39 is 0 Å². The molecule has 0 bridgehead atoms. The fourth-order valence-electron chi connectivity index (χ4n) is 6.28. The average Bonchev–Trinajstić information content (AvgIpc) is 3.55. The van der Waals surface area contributed by atoms with Crippen molar-refractivity contribution in [2.24, 2.45) is 0 Å². The van der Waals surface area contributed by atoms with Crippen LogP contribution in [0, 0.1) is 0 Å². The topological polar surface area (TPSA) is 44.5 Å². The van der Waals surface area contributed by atoms with Crippen LogP contribution in [0.2, 0.25) is 0 Å². The fourth-order valence-corrected chi connectivity index (χ4v) is 6.28. The predicted molar refractivity (Wildman–Crippen MR) is 184 cm³/mol. The number of hydrogen-bond donors (Lipinski definition) is 0. The largest absolute Gasteiger partial charge is 0.496 e. The number of benzene rings is 7. The molecule has 0 aliphatic carbocycles. The highest BCUT2D eigenvalue weighted by Crippen LogP contribution is 2.44. The number of rotatable bonds is 6. The van der Waals surface area contributed by atoms with Crippen LogP contribution in [0.5, 0.6) is 11.5 Å². The summed E-state index contributed by atoms with van der Waals surface area (Å²) in [4.78, 5) is 4.65. The second-order valence-electron chi connectivity index (χ2n) is 11.1. The number of para-hydroxylation sites is 2. The van der Waals surface area contributed by atoms with Gasteiger partial charge in [0.2, 0.25) is 5.89 Å². The van der Waals surface area contributed by atoms with Gasteiger partial charge in [-0.05, 0) is 92.3 Å². The molecule has 216 valence electrons. The van der Waals surface area contributed by atoms with E-state index in [1.165, 1.54) is 32.7 Å². The molecule has 0 saturated heterocycles. The molecule has 8 aromatic rings. The number of methoxy groups -OCH3 is 2. The lowest BCUT2D eigenvalue weighted by Crippen LogP contribution is -1.95. The van der Waals surface area contributed by atoms with E-state index in [0.29, 0.717) is 5.89 Å². The molecule has 0 N–H and O–H groups in total. The normalized spacial score (nSPS) is 11.3. The molecule has 0 unspecified atom stereocenters. The Morgan fingerprint density at radius 1 is 0.489 bits per heavy atom. The van der Waals surface area contributed by atoms with Crippen LogP contribution in [0.4, 0.5) is 0 Å². The molecule has 0 atom stereocenters. The van der Waals surface area contributed by atoms with Gasteiger partial charge in [0.15, 0.2) is 5.58 Å². The maximum Gasteiger partial charge on any atom is 0.227 e. The smallest absolute Gasteiger partial charge is 0.227 e. The highest BCUT2D eigenvalue weighted by atomic mass is 16.5. The second-order valence-corrected chi connectivity index (χ2v) is 11.1. The molecule has 7 aromatic carbocycles. The fraction of sp³-hybridized carbons (Fsp3) is 0.0488. The van der Waals surface area contributed by atoms with Crippen molar-refractivity contribution in [1.29, 1.82) is 0 Å². The Bertz CT molecular complexity index is 2300. The zero-order valence-electron chi connectivity index (χ0n) is 25.0. The molecule has 0 aliphatic heterocycles. The van der Waals surface area contributed by atoms with E-state index in [0.717, 1.165) is 50.4 Å². The van der Waals surface area contributed by atoms with Gasteiger partial charge in [-0.15, -0.1) is 0 Å². The van der Waals surface area contributed by atoms with E-state index in [9.17, 15) is 0 Å². The minimum atomic E-state index is 0.598. The van der Waals surface area contributed by atoms with Crippen LogP contribution in [0.3, 0.4) is 0 Å². The maximum absolute atomic E-state index is 6.04.